The number of aliphatic hydroxyl groups excluding tert-OH is 11. The van der Waals surface area contributed by atoms with Crippen molar-refractivity contribution in [2.45, 2.75) is 272 Å². The molecule has 1 aliphatic carbocycles. The molecular weight excluding hydrogens is 1040 g/mol. The van der Waals surface area contributed by atoms with Crippen molar-refractivity contribution < 1.29 is 113 Å². The Balaban J connectivity index is 1.73. The van der Waals surface area contributed by atoms with Gasteiger partial charge in [-0.2, -0.15) is 0 Å². The van der Waals surface area contributed by atoms with E-state index in [1.807, 2.05) is 0 Å². The molecule has 1 saturated carbocycles. The van der Waals surface area contributed by atoms with Crippen molar-refractivity contribution in [1.29, 1.82) is 0 Å². The number of ether oxygens (including phenoxy) is 6. The van der Waals surface area contributed by atoms with E-state index >= 15 is 0 Å². The number of phosphoric acid groups is 1. The molecule has 3 aliphatic rings. The predicted molar refractivity (Wildman–Crippen MR) is 277 cm³/mol. The quantitative estimate of drug-likeness (QED) is 0.0182. The molecule has 0 aromatic rings. The molecule has 0 aromatic heterocycles. The number of unbranched alkanes of at least 4 members (excludes halogenated alkanes) is 18. The van der Waals surface area contributed by atoms with E-state index in [9.17, 15) is 75.2 Å². The lowest BCUT2D eigenvalue weighted by molar-refractivity contribution is -0.360. The van der Waals surface area contributed by atoms with Gasteiger partial charge in [-0.25, -0.2) is 4.57 Å². The summed E-state index contributed by atoms with van der Waals surface area (Å²) in [5, 5.41) is 116. The average molecular weight is 1130 g/mol. The molecule has 0 spiro atoms. The van der Waals surface area contributed by atoms with Crippen LogP contribution in [0.3, 0.4) is 0 Å². The van der Waals surface area contributed by atoms with Crippen molar-refractivity contribution in [3.8, 4) is 0 Å². The first-order valence-corrected chi connectivity index (χ1v) is 29.7. The highest BCUT2D eigenvalue weighted by molar-refractivity contribution is 7.47. The monoisotopic (exact) mass is 1130 g/mol. The van der Waals surface area contributed by atoms with Crippen molar-refractivity contribution in [3.05, 3.63) is 24.3 Å². The highest BCUT2D eigenvalue weighted by Crippen LogP contribution is 2.49. The van der Waals surface area contributed by atoms with E-state index in [-0.39, 0.29) is 12.8 Å². The second-order valence-electron chi connectivity index (χ2n) is 20.5. The highest BCUT2D eigenvalue weighted by Gasteiger charge is 2.58. The van der Waals surface area contributed by atoms with E-state index in [0.29, 0.717) is 19.3 Å². The van der Waals surface area contributed by atoms with E-state index in [2.05, 4.69) is 38.2 Å². The van der Waals surface area contributed by atoms with Crippen LogP contribution in [0, 0.1) is 0 Å². The Labute approximate surface area is 454 Å². The van der Waals surface area contributed by atoms with Gasteiger partial charge in [-0.1, -0.05) is 141 Å². The molecule has 450 valence electrons. The number of rotatable bonds is 40. The van der Waals surface area contributed by atoms with Crippen molar-refractivity contribution >= 4 is 19.8 Å². The lowest BCUT2D eigenvalue weighted by atomic mass is 9.84. The van der Waals surface area contributed by atoms with Gasteiger partial charge in [-0.3, -0.25) is 18.6 Å². The fraction of sp³-hybridized carbons (Fsp3) is 0.887. The standard InChI is InChI=1S/C53H95O23P/c1-3-5-7-9-11-13-15-17-19-21-23-25-27-29-38(56)69-33-35(71-39(57)30-28-26-24-22-20-18-16-14-12-10-8-6-4-2)34-70-77(67,68)76-51-49(74-52-47(65)42(60)40(58)36(31-54)72-52)45(63)44(62)46(64)50(51)75-53-48(66)43(61)41(59)37(32-55)73-53/h8,10,14,16,35-37,40-55,58-66H,3-7,9,11-13,15,17-34H2,1-2H3,(H,67,68)/b10-8-,16-14-/t35-,36?,37?,40-,41+,42?,43?,44?,45?,46?,47-,48+,49-,50?,51?,52-,53+/m1/s1. The molecule has 10 unspecified atom stereocenters. The fourth-order valence-corrected chi connectivity index (χ4v) is 10.2. The predicted octanol–water partition coefficient (Wildman–Crippen LogP) is 2.92. The van der Waals surface area contributed by atoms with Crippen LogP contribution < -0.4 is 0 Å². The smallest absolute Gasteiger partial charge is 0.462 e. The zero-order valence-corrected chi connectivity index (χ0v) is 46.1. The summed E-state index contributed by atoms with van der Waals surface area (Å²) in [7, 11) is -5.63. The summed E-state index contributed by atoms with van der Waals surface area (Å²) in [6.07, 6.45) is -3.91. The molecule has 0 amide bonds. The van der Waals surface area contributed by atoms with Gasteiger partial charge in [0.1, 0.15) is 92.1 Å². The third kappa shape index (κ3) is 24.9. The molecule has 3 rings (SSSR count). The molecule has 3 fully saturated rings. The van der Waals surface area contributed by atoms with Gasteiger partial charge in [0, 0.05) is 12.8 Å². The molecule has 0 aromatic carbocycles. The second-order valence-corrected chi connectivity index (χ2v) is 21.9. The molecule has 2 aliphatic heterocycles. The highest BCUT2D eigenvalue weighted by atomic mass is 31.2. The molecule has 77 heavy (non-hydrogen) atoms. The van der Waals surface area contributed by atoms with Crippen molar-refractivity contribution in [2.24, 2.45) is 0 Å². The Morgan fingerprint density at radius 3 is 1.39 bits per heavy atom. The Kier molecular flexibility index (Phi) is 34.7. The number of hydrogen-bond acceptors (Lipinski definition) is 22. The first-order valence-electron chi connectivity index (χ1n) is 28.2. The third-order valence-corrected chi connectivity index (χ3v) is 15.0. The van der Waals surface area contributed by atoms with Gasteiger partial charge in [-0.05, 0) is 38.5 Å². The molecule has 24 heteroatoms. The minimum absolute atomic E-state index is 0.0468. The Hall–Kier alpha value is -2.07. The van der Waals surface area contributed by atoms with Gasteiger partial charge in [0.05, 0.1) is 19.8 Å². The van der Waals surface area contributed by atoms with Gasteiger partial charge in [-0.15, -0.1) is 0 Å². The van der Waals surface area contributed by atoms with Gasteiger partial charge < -0.3 is 89.5 Å². The van der Waals surface area contributed by atoms with Gasteiger partial charge in [0.2, 0.25) is 0 Å². The van der Waals surface area contributed by atoms with E-state index in [1.165, 1.54) is 51.4 Å². The normalized spacial score (nSPS) is 32.1. The first kappa shape index (κ1) is 69.2. The SMILES string of the molecule is CCC/C=C\C/C=C\CCCCCCCC(=O)O[C@H](COC(=O)CCCCCCCCCCCCCCC)COP(=O)(O)OC1C(O[C@@H]2OC(CO)[C@H](O)C(O)[C@@H]2O)C(O)C(O)C(O)[C@H]1O[C@H]1OC(CO)[C@@H](O)C(O)[C@H]1O. The number of esters is 2. The topological polar surface area (TPSA) is 368 Å². The number of hydrogen-bond donors (Lipinski definition) is 12. The van der Waals surface area contributed by atoms with Crippen LogP contribution >= 0.6 is 7.82 Å². The summed E-state index contributed by atoms with van der Waals surface area (Å²) >= 11 is 0. The zero-order chi connectivity index (χ0) is 56.8. The molecule has 23 nitrogen and oxygen atoms in total. The van der Waals surface area contributed by atoms with Crippen LogP contribution in [0.1, 0.15) is 168 Å². The lowest BCUT2D eigenvalue weighted by Crippen LogP contribution is -2.69. The minimum atomic E-state index is -5.63. The summed E-state index contributed by atoms with van der Waals surface area (Å²) in [4.78, 5) is 37.4. The van der Waals surface area contributed by atoms with Gasteiger partial charge >= 0.3 is 19.8 Å². The van der Waals surface area contributed by atoms with Crippen LogP contribution in [-0.2, 0) is 51.6 Å². The largest absolute Gasteiger partial charge is 0.472 e. The summed E-state index contributed by atoms with van der Waals surface area (Å²) < 4.78 is 58.0. The van der Waals surface area contributed by atoms with Gasteiger partial charge in [0.25, 0.3) is 0 Å². The summed E-state index contributed by atoms with van der Waals surface area (Å²) in [6, 6.07) is 0. The van der Waals surface area contributed by atoms with E-state index in [4.69, 9.17) is 37.5 Å². The van der Waals surface area contributed by atoms with Crippen LogP contribution in [0.4, 0.5) is 0 Å². The second kappa shape index (κ2) is 38.6. The van der Waals surface area contributed by atoms with Crippen LogP contribution in [0.2, 0.25) is 0 Å². The van der Waals surface area contributed by atoms with Gasteiger partial charge in [0.15, 0.2) is 18.7 Å². The maximum atomic E-state index is 14.0. The summed E-state index contributed by atoms with van der Waals surface area (Å²) in [6.45, 7) is 0.907. The Morgan fingerprint density at radius 2 is 0.922 bits per heavy atom. The van der Waals surface area contributed by atoms with Crippen LogP contribution in [-0.4, -0.2) is 204 Å². The number of allylic oxidation sites excluding steroid dienone is 4. The average Bonchev–Trinajstić information content (AvgIpc) is 3.41. The number of carbonyl (C=O) groups is 2. The Bertz CT molecular complexity index is 1640. The summed E-state index contributed by atoms with van der Waals surface area (Å²) in [5.41, 5.74) is 0. The zero-order valence-electron chi connectivity index (χ0n) is 45.2. The molecule has 12 N–H and O–H groups in total. The third-order valence-electron chi connectivity index (χ3n) is 14.0. The summed E-state index contributed by atoms with van der Waals surface area (Å²) in [5.74, 6) is -1.35. The molecule has 0 radical (unpaired) electrons. The maximum Gasteiger partial charge on any atom is 0.472 e. The van der Waals surface area contributed by atoms with Crippen molar-refractivity contribution in [2.75, 3.05) is 26.4 Å². The van der Waals surface area contributed by atoms with Crippen molar-refractivity contribution in [3.63, 3.8) is 0 Å². The first-order chi connectivity index (χ1) is 36.9. The maximum absolute atomic E-state index is 14.0. The van der Waals surface area contributed by atoms with Crippen molar-refractivity contribution in [1.82, 2.24) is 0 Å². The molecule has 2 heterocycles. The van der Waals surface area contributed by atoms with Crippen LogP contribution in [0.15, 0.2) is 24.3 Å². The van der Waals surface area contributed by atoms with E-state index in [1.54, 1.807) is 0 Å². The molecule has 0 bridgehead atoms. The van der Waals surface area contributed by atoms with Crippen LogP contribution in [0.25, 0.3) is 0 Å². The number of phosphoric ester groups is 1. The number of aliphatic hydroxyl groups is 11. The van der Waals surface area contributed by atoms with Crippen LogP contribution in [0.5, 0.6) is 0 Å². The Morgan fingerprint density at radius 1 is 0.494 bits per heavy atom. The molecule has 18 atom stereocenters. The minimum Gasteiger partial charge on any atom is -0.462 e. The number of carbonyl (C=O) groups excluding carboxylic acids is 2. The molecule has 2 saturated heterocycles. The molecular formula is C53H95O23P. The lowest BCUT2D eigenvalue weighted by Gasteiger charge is -2.49. The fourth-order valence-electron chi connectivity index (χ4n) is 9.27. The van der Waals surface area contributed by atoms with E-state index < -0.39 is 150 Å². The van der Waals surface area contributed by atoms with E-state index in [0.717, 1.165) is 70.6 Å².